The quantitative estimate of drug-likeness (QED) is 0.131. The number of aryl methyl sites for hydroxylation is 1. The van der Waals surface area contributed by atoms with Crippen LogP contribution in [-0.4, -0.2) is 97.0 Å². The third-order valence-electron chi connectivity index (χ3n) is 9.69. The molecule has 51 heavy (non-hydrogen) atoms. The van der Waals surface area contributed by atoms with Gasteiger partial charge >= 0.3 is 22.8 Å². The molecule has 2 aliphatic heterocycles. The topological polar surface area (TPSA) is 209 Å². The summed E-state index contributed by atoms with van der Waals surface area (Å²) in [6, 6.07) is 0. The number of nitrogens with zero attached hydrogens (tertiary/aromatic N) is 5. The summed E-state index contributed by atoms with van der Waals surface area (Å²) in [6.45, 7) is 19.0. The second-order valence-electron chi connectivity index (χ2n) is 14.4. The van der Waals surface area contributed by atoms with E-state index in [9.17, 15) is 14.4 Å². The van der Waals surface area contributed by atoms with E-state index in [2.05, 4.69) is 80.6 Å². The number of amides is 1. The first kappa shape index (κ1) is 38.9. The monoisotopic (exact) mass is 748 g/mol. The largest absolute Gasteiger partial charge is 0.414 e. The van der Waals surface area contributed by atoms with Gasteiger partial charge in [-0.15, -0.1) is 0 Å². The van der Waals surface area contributed by atoms with E-state index in [-0.39, 0.29) is 61.1 Å². The van der Waals surface area contributed by atoms with Gasteiger partial charge in [-0.3, -0.25) is 23.7 Å². The molecular weight excluding hydrogens is 697 g/mol. The molecule has 0 spiro atoms. The Bertz CT molecular complexity index is 1780. The highest BCUT2D eigenvalue weighted by Gasteiger charge is 2.62. The first-order valence-corrected chi connectivity index (χ1v) is 21.4. The van der Waals surface area contributed by atoms with Crippen LogP contribution in [0.1, 0.15) is 67.2 Å². The lowest BCUT2D eigenvalue weighted by Crippen LogP contribution is -2.66. The van der Waals surface area contributed by atoms with Crippen LogP contribution in [0.5, 0.6) is 0 Å². The van der Waals surface area contributed by atoms with Crippen molar-refractivity contribution in [3.8, 4) is 0 Å². The molecule has 3 aromatic rings. The van der Waals surface area contributed by atoms with Crippen LogP contribution in [0.4, 0.5) is 5.82 Å². The number of fused-ring (bicyclic) bond motifs is 2. The van der Waals surface area contributed by atoms with E-state index in [4.69, 9.17) is 32.9 Å². The van der Waals surface area contributed by atoms with Crippen molar-refractivity contribution in [2.75, 3.05) is 32.3 Å². The van der Waals surface area contributed by atoms with Crippen LogP contribution in [0.2, 0.25) is 22.2 Å². The number of anilines is 1. The molecule has 2 saturated heterocycles. The Morgan fingerprint density at radius 1 is 1.06 bits per heavy atom. The van der Waals surface area contributed by atoms with Gasteiger partial charge in [0.2, 0.25) is 5.91 Å². The van der Waals surface area contributed by atoms with Crippen LogP contribution in [0.15, 0.2) is 28.4 Å². The molecule has 4 atom stereocenters. The molecule has 0 bridgehead atoms. The summed E-state index contributed by atoms with van der Waals surface area (Å²) in [5, 5.41) is 2.72. The zero-order valence-corrected chi connectivity index (χ0v) is 32.9. The predicted octanol–water partition coefficient (Wildman–Crippen LogP) is 2.60. The maximum atomic E-state index is 12.5. The van der Waals surface area contributed by atoms with Crippen LogP contribution in [0, 0.1) is 6.92 Å². The van der Waals surface area contributed by atoms with E-state index in [1.165, 1.54) is 12.5 Å². The minimum absolute atomic E-state index is 0.0845. The van der Waals surface area contributed by atoms with Crippen LogP contribution < -0.4 is 22.3 Å². The number of hydrogen-bond acceptors (Lipinski definition) is 13. The third-order valence-corrected chi connectivity index (χ3v) is 19.9. The van der Waals surface area contributed by atoms with Crippen molar-refractivity contribution in [2.45, 2.75) is 116 Å². The molecule has 17 nitrogen and oxygen atoms in total. The molecule has 0 radical (unpaired) electrons. The number of imidazole rings is 1. The van der Waals surface area contributed by atoms with Crippen LogP contribution >= 0.6 is 0 Å². The Kier molecular flexibility index (Phi) is 12.0. The van der Waals surface area contributed by atoms with Crippen molar-refractivity contribution in [2.24, 2.45) is 0 Å². The van der Waals surface area contributed by atoms with Crippen molar-refractivity contribution in [1.29, 1.82) is 0 Å². The van der Waals surface area contributed by atoms with Gasteiger partial charge in [-0.2, -0.15) is 0 Å². The zero-order valence-electron chi connectivity index (χ0n) is 30.9. The van der Waals surface area contributed by atoms with E-state index in [1.807, 2.05) is 0 Å². The van der Waals surface area contributed by atoms with Crippen molar-refractivity contribution in [1.82, 2.24) is 34.4 Å². The number of H-pyrrole nitrogens is 1. The minimum atomic E-state index is -3.03. The molecule has 0 aliphatic carbocycles. The summed E-state index contributed by atoms with van der Waals surface area (Å²) >= 11 is 0. The van der Waals surface area contributed by atoms with Crippen LogP contribution in [0.25, 0.3) is 11.2 Å². The zero-order chi connectivity index (χ0) is 37.2. The summed E-state index contributed by atoms with van der Waals surface area (Å²) in [5.74, 6) is -0.169. The normalized spacial score (nSPS) is 23.2. The van der Waals surface area contributed by atoms with Gasteiger partial charge in [0.1, 0.15) is 43.5 Å². The van der Waals surface area contributed by atoms with Gasteiger partial charge in [-0.1, -0.05) is 55.4 Å². The number of nitrogen functional groups attached to an aromatic ring is 1. The smallest absolute Gasteiger partial charge is 0.335 e. The summed E-state index contributed by atoms with van der Waals surface area (Å²) in [4.78, 5) is 51.4. The Hall–Kier alpha value is -3.31. The van der Waals surface area contributed by atoms with Crippen molar-refractivity contribution >= 4 is 40.0 Å². The lowest BCUT2D eigenvalue weighted by Gasteiger charge is -2.51. The number of aromatic amines is 1. The first-order chi connectivity index (χ1) is 24.1. The lowest BCUT2D eigenvalue weighted by atomic mass is 10.1. The molecule has 5 heterocycles. The van der Waals surface area contributed by atoms with E-state index in [0.29, 0.717) is 16.7 Å². The number of nitrogens with two attached hydrogens (primary N) is 1. The Balaban J connectivity index is 1.36. The van der Waals surface area contributed by atoms with Crippen molar-refractivity contribution in [3.63, 3.8) is 0 Å². The number of carbonyl (C=O) groups is 1. The van der Waals surface area contributed by atoms with Crippen LogP contribution in [-0.2, 0) is 38.5 Å². The van der Waals surface area contributed by atoms with E-state index in [0.717, 1.165) is 4.57 Å². The Labute approximate surface area is 299 Å². The number of ether oxygens (including phenoxy) is 3. The molecule has 0 unspecified atom stereocenters. The summed E-state index contributed by atoms with van der Waals surface area (Å²) in [6.07, 6.45) is 1.81. The highest BCUT2D eigenvalue weighted by Crippen LogP contribution is 2.49. The second kappa shape index (κ2) is 15.7. The Morgan fingerprint density at radius 2 is 1.75 bits per heavy atom. The summed E-state index contributed by atoms with van der Waals surface area (Å²) in [7, 11) is -5.85. The van der Waals surface area contributed by atoms with E-state index < -0.39 is 58.8 Å². The highest BCUT2D eigenvalue weighted by molar-refractivity contribution is 6.84. The fourth-order valence-electron chi connectivity index (χ4n) is 6.98. The summed E-state index contributed by atoms with van der Waals surface area (Å²) in [5.41, 5.74) is 6.73. The van der Waals surface area contributed by atoms with Crippen molar-refractivity contribution < 1.29 is 32.0 Å². The number of aromatic nitrogens is 6. The number of nitrogens with one attached hydrogen (secondary N) is 2. The van der Waals surface area contributed by atoms with E-state index >= 15 is 0 Å². The molecule has 2 fully saturated rings. The van der Waals surface area contributed by atoms with Gasteiger partial charge < -0.3 is 38.2 Å². The molecule has 0 saturated carbocycles. The SMILES string of the molecule is Cc1cn(CC(=O)NCCOCO[C@@H]2[C@@H]3O[Si](C(C)C)(C(C)C)O[Si](C(C)C)(C(C)C)OC[C@H]3O[C@H]2n2cnc3c(N)ncnc32)c(=O)[nH]c1=O. The number of carbonyl (C=O) groups excluding carboxylic acids is 1. The molecule has 2 aliphatic rings. The van der Waals surface area contributed by atoms with E-state index in [1.54, 1.807) is 17.8 Å². The summed E-state index contributed by atoms with van der Waals surface area (Å²) < 4.78 is 43.6. The van der Waals surface area contributed by atoms with Gasteiger partial charge in [-0.25, -0.2) is 19.7 Å². The average Bonchev–Trinajstić information content (AvgIpc) is 3.62. The molecule has 282 valence electrons. The van der Waals surface area contributed by atoms with Gasteiger partial charge in [0.05, 0.1) is 19.5 Å². The molecule has 3 aromatic heterocycles. The maximum Gasteiger partial charge on any atom is 0.335 e. The minimum Gasteiger partial charge on any atom is -0.414 e. The number of hydrogen-bond donors (Lipinski definition) is 3. The van der Waals surface area contributed by atoms with Gasteiger partial charge in [0.25, 0.3) is 5.56 Å². The second-order valence-corrected chi connectivity index (χ2v) is 23.3. The highest BCUT2D eigenvalue weighted by atomic mass is 28.5. The molecule has 19 heteroatoms. The van der Waals surface area contributed by atoms with Crippen molar-refractivity contribution in [3.05, 3.63) is 45.3 Å². The number of rotatable bonds is 13. The molecule has 1 amide bonds. The van der Waals surface area contributed by atoms with Crippen LogP contribution in [0.3, 0.4) is 0 Å². The predicted molar refractivity (Wildman–Crippen MR) is 192 cm³/mol. The molecular formula is C32H52N8O9Si2. The standard InChI is InChI=1S/C32H52N8O9Si2/c1-18(2)50(19(3)4)46-14-23-26(48-51(49-50,20(5)6)21(7)8)27(31(47-23)40-16-37-25-28(33)35-15-36-29(25)40)45-17-44-11-10-34-24(41)13-39-12-22(9)30(42)38-32(39)43/h12,15-16,18-21,23,26-27,31H,10-11,13-14,17H2,1-9H3,(H,34,41)(H2,33,35,36)(H,38,42,43)/t23-,26-,27-,31-/m1/s1. The molecule has 4 N–H and O–H groups in total. The van der Waals surface area contributed by atoms with Gasteiger partial charge in [-0.05, 0) is 29.1 Å². The van der Waals surface area contributed by atoms with Gasteiger partial charge in [0.15, 0.2) is 17.7 Å². The molecule has 5 rings (SSSR count). The maximum absolute atomic E-state index is 12.5. The lowest BCUT2D eigenvalue weighted by molar-refractivity contribution is -0.138. The fourth-order valence-corrected chi connectivity index (χ4v) is 18.2. The average molecular weight is 749 g/mol. The Morgan fingerprint density at radius 3 is 2.41 bits per heavy atom. The first-order valence-electron chi connectivity index (χ1n) is 17.5. The third kappa shape index (κ3) is 7.75. The molecule has 0 aromatic carbocycles. The van der Waals surface area contributed by atoms with Gasteiger partial charge in [0, 0.05) is 18.3 Å². The fraction of sp³-hybridized carbons (Fsp3) is 0.688.